The van der Waals surface area contributed by atoms with Crippen molar-refractivity contribution in [1.82, 2.24) is 9.97 Å². The van der Waals surface area contributed by atoms with Crippen molar-refractivity contribution in [1.29, 1.82) is 0 Å². The van der Waals surface area contributed by atoms with Gasteiger partial charge in [-0.1, -0.05) is 48.5 Å². The highest BCUT2D eigenvalue weighted by Gasteiger charge is 2.16. The summed E-state index contributed by atoms with van der Waals surface area (Å²) in [5.74, 6) is -0.275. The normalized spacial score (nSPS) is 11.0. The van der Waals surface area contributed by atoms with Crippen LogP contribution in [0.15, 0.2) is 102 Å². The van der Waals surface area contributed by atoms with Crippen molar-refractivity contribution in [3.63, 3.8) is 0 Å². The summed E-state index contributed by atoms with van der Waals surface area (Å²) >= 11 is 0. The molecule has 0 saturated carbocycles. The van der Waals surface area contributed by atoms with Crippen LogP contribution in [0.4, 0.5) is 11.6 Å². The van der Waals surface area contributed by atoms with Crippen molar-refractivity contribution in [2.75, 3.05) is 10.0 Å². The van der Waals surface area contributed by atoms with E-state index >= 15 is 0 Å². The Morgan fingerprint density at radius 1 is 0.781 bits per heavy atom. The lowest BCUT2D eigenvalue weighted by Crippen LogP contribution is -2.16. The molecular formula is C24H20N4O3S. The van der Waals surface area contributed by atoms with Crippen LogP contribution in [-0.2, 0) is 16.4 Å². The van der Waals surface area contributed by atoms with Gasteiger partial charge < -0.3 is 5.32 Å². The average molecular weight is 445 g/mol. The Morgan fingerprint density at radius 2 is 1.44 bits per heavy atom. The van der Waals surface area contributed by atoms with Crippen LogP contribution in [0.25, 0.3) is 0 Å². The highest BCUT2D eigenvalue weighted by molar-refractivity contribution is 7.92. The zero-order valence-corrected chi connectivity index (χ0v) is 17.8. The second kappa shape index (κ2) is 9.40. The van der Waals surface area contributed by atoms with E-state index in [9.17, 15) is 13.2 Å². The molecular weight excluding hydrogens is 424 g/mol. The molecule has 0 aliphatic carbocycles. The van der Waals surface area contributed by atoms with Gasteiger partial charge in [0.05, 0.1) is 4.90 Å². The third kappa shape index (κ3) is 5.16. The van der Waals surface area contributed by atoms with E-state index in [0.29, 0.717) is 17.7 Å². The summed E-state index contributed by atoms with van der Waals surface area (Å²) in [5, 5.41) is 2.83. The molecule has 0 radical (unpaired) electrons. The molecule has 7 nitrogen and oxygen atoms in total. The van der Waals surface area contributed by atoms with Crippen LogP contribution in [-0.4, -0.2) is 24.3 Å². The van der Waals surface area contributed by atoms with Crippen LogP contribution in [0.2, 0.25) is 0 Å². The predicted octanol–water partition coefficient (Wildman–Crippen LogP) is 4.12. The molecule has 0 aliphatic heterocycles. The van der Waals surface area contributed by atoms with Crippen LogP contribution in [0.5, 0.6) is 0 Å². The first-order valence-electron chi connectivity index (χ1n) is 9.84. The van der Waals surface area contributed by atoms with Crippen molar-refractivity contribution in [3.05, 3.63) is 114 Å². The number of hydrogen-bond donors (Lipinski definition) is 2. The van der Waals surface area contributed by atoms with E-state index in [-0.39, 0.29) is 16.8 Å². The monoisotopic (exact) mass is 444 g/mol. The molecule has 3 aromatic carbocycles. The van der Waals surface area contributed by atoms with E-state index < -0.39 is 10.0 Å². The first-order chi connectivity index (χ1) is 15.5. The minimum Gasteiger partial charge on any atom is -0.322 e. The van der Waals surface area contributed by atoms with Gasteiger partial charge >= 0.3 is 0 Å². The Bertz CT molecular complexity index is 1310. The number of nitrogens with zero attached hydrogens (tertiary/aromatic N) is 2. The van der Waals surface area contributed by atoms with Gasteiger partial charge in [0.1, 0.15) is 0 Å². The summed E-state index contributed by atoms with van der Waals surface area (Å²) in [6, 6.07) is 24.8. The van der Waals surface area contributed by atoms with E-state index in [1.807, 2.05) is 48.5 Å². The van der Waals surface area contributed by atoms with Gasteiger partial charge in [0.15, 0.2) is 0 Å². The van der Waals surface area contributed by atoms with Gasteiger partial charge in [0.25, 0.3) is 15.9 Å². The number of anilines is 2. The molecule has 1 heterocycles. The maximum Gasteiger partial charge on any atom is 0.264 e. The van der Waals surface area contributed by atoms with E-state index in [2.05, 4.69) is 20.0 Å². The molecule has 0 atom stereocenters. The number of rotatable bonds is 7. The molecule has 0 fully saturated rings. The first-order valence-corrected chi connectivity index (χ1v) is 11.3. The van der Waals surface area contributed by atoms with E-state index in [1.165, 1.54) is 36.7 Å². The van der Waals surface area contributed by atoms with Crippen molar-refractivity contribution in [2.24, 2.45) is 0 Å². The molecule has 0 unspecified atom stereocenters. The zero-order chi connectivity index (χ0) is 22.4. The third-order valence-electron chi connectivity index (χ3n) is 4.71. The number of sulfonamides is 1. The molecule has 160 valence electrons. The summed E-state index contributed by atoms with van der Waals surface area (Å²) in [4.78, 5) is 20.6. The predicted molar refractivity (Wildman–Crippen MR) is 123 cm³/mol. The zero-order valence-electron chi connectivity index (χ0n) is 17.0. The topological polar surface area (TPSA) is 101 Å². The SMILES string of the molecule is O=C(Nc1ccc(S(=O)(=O)Nc2ncccn2)cc1)c1ccccc1Cc1ccccc1. The van der Waals surface area contributed by atoms with Crippen molar-refractivity contribution in [2.45, 2.75) is 11.3 Å². The maximum absolute atomic E-state index is 12.9. The lowest BCUT2D eigenvalue weighted by atomic mass is 9.99. The molecule has 2 N–H and O–H groups in total. The largest absolute Gasteiger partial charge is 0.322 e. The summed E-state index contributed by atoms with van der Waals surface area (Å²) in [6.45, 7) is 0. The highest BCUT2D eigenvalue weighted by atomic mass is 32.2. The Kier molecular flexibility index (Phi) is 6.23. The summed E-state index contributed by atoms with van der Waals surface area (Å²) in [7, 11) is -3.84. The minimum absolute atomic E-state index is 0.0140. The van der Waals surface area contributed by atoms with Gasteiger partial charge in [-0.15, -0.1) is 0 Å². The molecule has 4 aromatic rings. The molecule has 0 aliphatic rings. The van der Waals surface area contributed by atoms with Gasteiger partial charge in [-0.25, -0.2) is 23.1 Å². The molecule has 4 rings (SSSR count). The minimum atomic E-state index is -3.84. The molecule has 32 heavy (non-hydrogen) atoms. The Hall–Kier alpha value is -4.04. The van der Waals surface area contributed by atoms with Crippen LogP contribution >= 0.6 is 0 Å². The fourth-order valence-electron chi connectivity index (χ4n) is 3.16. The van der Waals surface area contributed by atoms with Crippen molar-refractivity contribution >= 4 is 27.6 Å². The second-order valence-electron chi connectivity index (χ2n) is 6.98. The highest BCUT2D eigenvalue weighted by Crippen LogP contribution is 2.19. The molecule has 0 bridgehead atoms. The Labute approximate surface area is 186 Å². The summed E-state index contributed by atoms with van der Waals surface area (Å²) < 4.78 is 27.3. The van der Waals surface area contributed by atoms with Gasteiger partial charge in [-0.05, 0) is 53.9 Å². The van der Waals surface area contributed by atoms with E-state index in [0.717, 1.165) is 11.1 Å². The van der Waals surface area contributed by atoms with Crippen LogP contribution < -0.4 is 10.0 Å². The second-order valence-corrected chi connectivity index (χ2v) is 8.66. The number of hydrogen-bond acceptors (Lipinski definition) is 5. The number of carbonyl (C=O) groups is 1. The molecule has 1 aromatic heterocycles. The molecule has 1 amide bonds. The van der Waals surface area contributed by atoms with Gasteiger partial charge in [-0.2, -0.15) is 0 Å². The smallest absolute Gasteiger partial charge is 0.264 e. The summed E-state index contributed by atoms with van der Waals surface area (Å²) in [5.41, 5.74) is 3.06. The fraction of sp³-hybridized carbons (Fsp3) is 0.0417. The Balaban J connectivity index is 1.48. The lowest BCUT2D eigenvalue weighted by molar-refractivity contribution is 0.102. The quantitative estimate of drug-likeness (QED) is 0.447. The lowest BCUT2D eigenvalue weighted by Gasteiger charge is -2.11. The molecule has 0 saturated heterocycles. The van der Waals surface area contributed by atoms with Crippen LogP contribution in [0, 0.1) is 0 Å². The van der Waals surface area contributed by atoms with Gasteiger partial charge in [0, 0.05) is 23.6 Å². The standard InChI is InChI=1S/C24H20N4O3S/c29-23(22-10-5-4-9-19(22)17-18-7-2-1-3-8-18)27-20-11-13-21(14-12-20)32(30,31)28-24-25-15-6-16-26-24/h1-16H,17H2,(H,27,29)(H,25,26,28). The maximum atomic E-state index is 12.9. The van der Waals surface area contributed by atoms with Gasteiger partial charge in [0.2, 0.25) is 5.95 Å². The summed E-state index contributed by atoms with van der Waals surface area (Å²) in [6.07, 6.45) is 3.52. The molecule has 0 spiro atoms. The van der Waals surface area contributed by atoms with Gasteiger partial charge in [-0.3, -0.25) is 4.79 Å². The number of nitrogens with one attached hydrogen (secondary N) is 2. The average Bonchev–Trinajstić information content (AvgIpc) is 2.81. The van der Waals surface area contributed by atoms with E-state index in [1.54, 1.807) is 12.1 Å². The number of benzene rings is 3. The van der Waals surface area contributed by atoms with Crippen molar-refractivity contribution in [3.8, 4) is 0 Å². The fourth-order valence-corrected chi connectivity index (χ4v) is 4.12. The Morgan fingerprint density at radius 3 is 2.16 bits per heavy atom. The molecule has 8 heteroatoms. The third-order valence-corrected chi connectivity index (χ3v) is 6.06. The number of carbonyl (C=O) groups excluding carboxylic acids is 1. The van der Waals surface area contributed by atoms with Crippen LogP contribution in [0.3, 0.4) is 0 Å². The van der Waals surface area contributed by atoms with Crippen molar-refractivity contribution < 1.29 is 13.2 Å². The van der Waals surface area contributed by atoms with E-state index in [4.69, 9.17) is 0 Å². The number of amides is 1. The van der Waals surface area contributed by atoms with Crippen LogP contribution in [0.1, 0.15) is 21.5 Å². The number of aromatic nitrogens is 2. The first kappa shape index (κ1) is 21.2.